The van der Waals surface area contributed by atoms with Gasteiger partial charge in [-0.1, -0.05) is 6.92 Å². The third kappa shape index (κ3) is 4.87. The molecule has 0 unspecified atom stereocenters. The van der Waals surface area contributed by atoms with Crippen molar-refractivity contribution in [3.63, 3.8) is 0 Å². The zero-order valence-corrected chi connectivity index (χ0v) is 12.3. The van der Waals surface area contributed by atoms with Gasteiger partial charge in [-0.25, -0.2) is 9.59 Å². The predicted octanol–water partition coefficient (Wildman–Crippen LogP) is 3.58. The zero-order valence-electron chi connectivity index (χ0n) is 11.5. The molecule has 0 aromatic carbocycles. The molecular formula is C14H18O4S. The number of hydrogen-bond donors (Lipinski definition) is 1. The molecule has 0 amide bonds. The lowest BCUT2D eigenvalue weighted by molar-refractivity contribution is -0.132. The van der Waals surface area contributed by atoms with Crippen molar-refractivity contribution in [2.45, 2.75) is 39.7 Å². The number of carboxylic acids is 1. The van der Waals surface area contributed by atoms with Crippen molar-refractivity contribution in [2.75, 3.05) is 0 Å². The van der Waals surface area contributed by atoms with Crippen LogP contribution in [0.5, 0.6) is 0 Å². The van der Waals surface area contributed by atoms with E-state index in [-0.39, 0.29) is 5.97 Å². The number of ether oxygens (including phenoxy) is 1. The van der Waals surface area contributed by atoms with E-state index in [0.29, 0.717) is 16.9 Å². The van der Waals surface area contributed by atoms with E-state index >= 15 is 0 Å². The molecule has 0 bridgehead atoms. The van der Waals surface area contributed by atoms with Crippen LogP contribution in [-0.4, -0.2) is 22.6 Å². The van der Waals surface area contributed by atoms with E-state index in [4.69, 9.17) is 9.84 Å². The number of rotatable bonds is 4. The van der Waals surface area contributed by atoms with Gasteiger partial charge in [0, 0.05) is 10.5 Å². The minimum absolute atomic E-state index is 0.317. The molecule has 0 aliphatic rings. The molecule has 1 heterocycles. The molecule has 0 spiro atoms. The summed E-state index contributed by atoms with van der Waals surface area (Å²) in [5, 5.41) is 8.95. The van der Waals surface area contributed by atoms with Crippen LogP contribution in [0.15, 0.2) is 17.7 Å². The summed E-state index contributed by atoms with van der Waals surface area (Å²) in [5.41, 5.74) is -0.218. The Hall–Kier alpha value is -1.62. The molecule has 104 valence electrons. The first-order valence-electron chi connectivity index (χ1n) is 6.00. The van der Waals surface area contributed by atoms with Gasteiger partial charge in [-0.15, -0.1) is 11.3 Å². The summed E-state index contributed by atoms with van der Waals surface area (Å²) in [6.45, 7) is 7.19. The van der Waals surface area contributed by atoms with Crippen molar-refractivity contribution >= 4 is 29.4 Å². The van der Waals surface area contributed by atoms with Crippen LogP contribution in [-0.2, 0) is 9.53 Å². The second-order valence-corrected chi connectivity index (χ2v) is 6.15. The summed E-state index contributed by atoms with van der Waals surface area (Å²) in [5.74, 6) is -1.32. The first kappa shape index (κ1) is 15.4. The van der Waals surface area contributed by atoms with Gasteiger partial charge in [0.1, 0.15) is 10.5 Å². The van der Waals surface area contributed by atoms with E-state index in [0.717, 1.165) is 4.88 Å². The van der Waals surface area contributed by atoms with Gasteiger partial charge in [-0.2, -0.15) is 0 Å². The van der Waals surface area contributed by atoms with Crippen LogP contribution in [0.4, 0.5) is 0 Å². The number of aliphatic carboxylic acids is 1. The van der Waals surface area contributed by atoms with Gasteiger partial charge in [-0.05, 0) is 45.4 Å². The Kier molecular flexibility index (Phi) is 4.89. The van der Waals surface area contributed by atoms with Gasteiger partial charge in [0.25, 0.3) is 0 Å². The molecule has 0 saturated carbocycles. The highest BCUT2D eigenvalue weighted by atomic mass is 32.1. The van der Waals surface area contributed by atoms with Crippen molar-refractivity contribution in [1.29, 1.82) is 0 Å². The lowest BCUT2D eigenvalue weighted by Gasteiger charge is -2.18. The summed E-state index contributed by atoms with van der Waals surface area (Å²) in [7, 11) is 0. The van der Waals surface area contributed by atoms with Crippen molar-refractivity contribution in [2.24, 2.45) is 0 Å². The normalized spacial score (nSPS) is 12.3. The third-order valence-electron chi connectivity index (χ3n) is 2.20. The van der Waals surface area contributed by atoms with Gasteiger partial charge in [0.05, 0.1) is 0 Å². The second-order valence-electron chi connectivity index (χ2n) is 5.03. The standard InChI is InChI=1S/C14H18O4S/c1-5-9(12(15)16)8-10-6-7-11(19-10)13(17)18-14(2,3)4/h6-8H,5H2,1-4H3,(H,15,16). The first-order valence-corrected chi connectivity index (χ1v) is 6.81. The SMILES string of the molecule is CCC(=Cc1ccc(C(=O)OC(C)(C)C)s1)C(=O)O. The fourth-order valence-electron chi connectivity index (χ4n) is 1.36. The molecule has 5 heteroatoms. The Labute approximate surface area is 116 Å². The molecule has 0 fully saturated rings. The summed E-state index contributed by atoms with van der Waals surface area (Å²) >= 11 is 1.23. The maximum absolute atomic E-state index is 11.8. The number of carboxylic acid groups (broad SMARTS) is 1. The number of carbonyl (C=O) groups excluding carboxylic acids is 1. The molecular weight excluding hydrogens is 264 g/mol. The van der Waals surface area contributed by atoms with Crippen molar-refractivity contribution in [3.8, 4) is 0 Å². The Balaban J connectivity index is 2.89. The average Bonchev–Trinajstić information content (AvgIpc) is 2.71. The molecule has 0 aliphatic heterocycles. The maximum Gasteiger partial charge on any atom is 0.348 e. The van der Waals surface area contributed by atoms with E-state index in [1.807, 2.05) is 0 Å². The average molecular weight is 282 g/mol. The summed E-state index contributed by atoms with van der Waals surface area (Å²) in [4.78, 5) is 23.9. The van der Waals surface area contributed by atoms with Crippen molar-refractivity contribution in [3.05, 3.63) is 27.5 Å². The molecule has 1 aromatic rings. The zero-order chi connectivity index (χ0) is 14.6. The minimum Gasteiger partial charge on any atom is -0.478 e. The quantitative estimate of drug-likeness (QED) is 0.677. The number of esters is 1. The highest BCUT2D eigenvalue weighted by Crippen LogP contribution is 2.23. The monoisotopic (exact) mass is 282 g/mol. The molecule has 0 aliphatic carbocycles. The molecule has 0 radical (unpaired) electrons. The Morgan fingerprint density at radius 1 is 1.37 bits per heavy atom. The summed E-state index contributed by atoms with van der Waals surface area (Å²) in [6.07, 6.45) is 2.02. The maximum atomic E-state index is 11.8. The second kappa shape index (κ2) is 6.02. The molecule has 1 N–H and O–H groups in total. The summed E-state index contributed by atoms with van der Waals surface area (Å²) in [6, 6.07) is 3.38. The Morgan fingerprint density at radius 3 is 2.47 bits per heavy atom. The van der Waals surface area contributed by atoms with Crippen LogP contribution in [0.2, 0.25) is 0 Å². The van der Waals surface area contributed by atoms with E-state index in [9.17, 15) is 9.59 Å². The first-order chi connectivity index (χ1) is 8.73. The topological polar surface area (TPSA) is 63.6 Å². The van der Waals surface area contributed by atoms with E-state index in [2.05, 4.69) is 0 Å². The van der Waals surface area contributed by atoms with Gasteiger partial charge in [0.2, 0.25) is 0 Å². The summed E-state index contributed by atoms with van der Waals surface area (Å²) < 4.78 is 5.25. The van der Waals surface area contributed by atoms with Crippen LogP contribution in [0.25, 0.3) is 6.08 Å². The van der Waals surface area contributed by atoms with E-state index in [1.54, 1.807) is 45.9 Å². The molecule has 19 heavy (non-hydrogen) atoms. The molecule has 0 saturated heterocycles. The van der Waals surface area contributed by atoms with Crippen LogP contribution in [0, 0.1) is 0 Å². The van der Waals surface area contributed by atoms with Gasteiger partial charge >= 0.3 is 11.9 Å². The molecule has 0 atom stereocenters. The van der Waals surface area contributed by atoms with E-state index < -0.39 is 11.6 Å². The molecule has 1 aromatic heterocycles. The van der Waals surface area contributed by atoms with Gasteiger partial charge in [-0.3, -0.25) is 0 Å². The van der Waals surface area contributed by atoms with Gasteiger partial charge < -0.3 is 9.84 Å². The fraction of sp³-hybridized carbons (Fsp3) is 0.429. The molecule has 4 nitrogen and oxygen atoms in total. The largest absolute Gasteiger partial charge is 0.478 e. The smallest absolute Gasteiger partial charge is 0.348 e. The van der Waals surface area contributed by atoms with E-state index in [1.165, 1.54) is 11.3 Å². The van der Waals surface area contributed by atoms with Crippen LogP contribution in [0.3, 0.4) is 0 Å². The lowest BCUT2D eigenvalue weighted by Crippen LogP contribution is -2.23. The van der Waals surface area contributed by atoms with Crippen LogP contribution >= 0.6 is 11.3 Å². The predicted molar refractivity (Wildman–Crippen MR) is 75.4 cm³/mol. The molecule has 1 rings (SSSR count). The number of carbonyl (C=O) groups is 2. The highest BCUT2D eigenvalue weighted by Gasteiger charge is 2.19. The van der Waals surface area contributed by atoms with Crippen molar-refractivity contribution in [1.82, 2.24) is 0 Å². The minimum atomic E-state index is -0.935. The number of thiophene rings is 1. The van der Waals surface area contributed by atoms with Crippen molar-refractivity contribution < 1.29 is 19.4 Å². The highest BCUT2D eigenvalue weighted by molar-refractivity contribution is 7.14. The Morgan fingerprint density at radius 2 is 2.00 bits per heavy atom. The third-order valence-corrected chi connectivity index (χ3v) is 3.21. The lowest BCUT2D eigenvalue weighted by atomic mass is 10.2. The van der Waals surface area contributed by atoms with Crippen LogP contribution < -0.4 is 0 Å². The van der Waals surface area contributed by atoms with Gasteiger partial charge in [0.15, 0.2) is 0 Å². The van der Waals surface area contributed by atoms with Crippen LogP contribution in [0.1, 0.15) is 48.7 Å². The number of hydrogen-bond acceptors (Lipinski definition) is 4. The fourth-order valence-corrected chi connectivity index (χ4v) is 2.21. The Bertz CT molecular complexity index is 506.